The van der Waals surface area contributed by atoms with Crippen molar-refractivity contribution >= 4 is 34.7 Å². The second kappa shape index (κ2) is 54.9. The fraction of sp³-hybridized carbons (Fsp3) is 0. The van der Waals surface area contributed by atoms with Crippen molar-refractivity contribution in [1.82, 2.24) is 0 Å². The van der Waals surface area contributed by atoms with Crippen molar-refractivity contribution < 1.29 is 96.3 Å². The fourth-order valence-corrected chi connectivity index (χ4v) is 0. The molecule has 0 aromatic carbocycles. The normalized spacial score (nSPS) is 0. The third kappa shape index (κ3) is 42.8. The Morgan fingerprint density at radius 2 is 0.429 bits per heavy atom. The van der Waals surface area contributed by atoms with Gasteiger partial charge in [-0.1, -0.05) is 0 Å². The molecule has 0 aliphatic heterocycles. The first-order valence-electron chi connectivity index (χ1n) is 0. The van der Waals surface area contributed by atoms with Crippen LogP contribution in [0.25, 0.3) is 0 Å². The largest absolute Gasteiger partial charge is 3.00 e. The maximum absolute atomic E-state index is 0. The van der Waals surface area contributed by atoms with Crippen molar-refractivity contribution in [3.8, 4) is 0 Å². The van der Waals surface area contributed by atoms with E-state index < -0.39 is 0 Å². The third-order valence-electron chi connectivity index (χ3n) is 0. The Morgan fingerprint density at radius 3 is 0.429 bits per heavy atom. The van der Waals surface area contributed by atoms with Gasteiger partial charge in [0.1, 0.15) is 0 Å². The van der Waals surface area contributed by atoms with E-state index in [-0.39, 0.29) is 131 Å². The first-order valence-corrected chi connectivity index (χ1v) is 0. The van der Waals surface area contributed by atoms with Crippen molar-refractivity contribution in [1.29, 1.82) is 0 Å². The minimum atomic E-state index is 0. The van der Waals surface area contributed by atoms with Crippen LogP contribution in [0.3, 0.4) is 0 Å². The Bertz CT molecular complexity index is 10.9. The van der Waals surface area contributed by atoms with E-state index in [0.29, 0.717) is 0 Å². The van der Waals surface area contributed by atoms with E-state index in [1.807, 2.05) is 0 Å². The summed E-state index contributed by atoms with van der Waals surface area (Å²) in [5.74, 6) is 0. The summed E-state index contributed by atoms with van der Waals surface area (Å²) in [6, 6.07) is 0. The van der Waals surface area contributed by atoms with Crippen LogP contribution in [0.4, 0.5) is 0 Å². The molecule has 0 fully saturated rings. The van der Waals surface area contributed by atoms with Crippen molar-refractivity contribution in [2.45, 2.75) is 0 Å². The minimum Gasteiger partial charge on any atom is -2.00 e. The van der Waals surface area contributed by atoms with Gasteiger partial charge < -0.3 is 16.4 Å². The summed E-state index contributed by atoms with van der Waals surface area (Å²) in [7, 11) is 0. The van der Waals surface area contributed by atoms with Crippen molar-refractivity contribution in [3.05, 3.63) is 0 Å². The molecule has 40 valence electrons. The molecule has 7 heavy (non-hydrogen) atoms. The molecule has 0 aliphatic carbocycles. The van der Waals surface area contributed by atoms with Gasteiger partial charge in [-0.05, 0) is 0 Å². The van der Waals surface area contributed by atoms with Crippen LogP contribution in [-0.4, -0.2) is 34.7 Å². The molecule has 7 heteroatoms. The van der Waals surface area contributed by atoms with Gasteiger partial charge >= 0.3 is 34.7 Å². The zero-order valence-corrected chi connectivity index (χ0v) is 9.93. The van der Waals surface area contributed by atoms with Gasteiger partial charge in [0.2, 0.25) is 0 Å². The predicted octanol–water partition coefficient (Wildman–Crippen LogP) is -1.12. The van der Waals surface area contributed by atoms with Gasteiger partial charge in [0.15, 0.2) is 0 Å². The molecular weight excluding hydrogens is 416 g/mol. The summed E-state index contributed by atoms with van der Waals surface area (Å²) in [5.41, 5.74) is 0. The first-order chi connectivity index (χ1) is 0. The molecule has 0 spiro atoms. The smallest absolute Gasteiger partial charge is 2.00 e. The molecule has 0 amide bonds. The zero-order valence-electron chi connectivity index (χ0n) is 3.09. The molecule has 0 radical (unpaired) electrons. The van der Waals surface area contributed by atoms with Crippen molar-refractivity contribution in [3.63, 3.8) is 0 Å². The molecule has 0 N–H and O–H groups in total. The predicted molar refractivity (Wildman–Crippen MR) is 13.6 cm³/mol. The number of hydrogen-bond donors (Lipinski definition) is 0. The van der Waals surface area contributed by atoms with Gasteiger partial charge in [0.05, 0.1) is 0 Å². The van der Waals surface area contributed by atoms with Gasteiger partial charge in [0, 0.05) is 79.9 Å². The van der Waals surface area contributed by atoms with Gasteiger partial charge in [-0.25, -0.2) is 0 Å². The Balaban J connectivity index is 0. The standard InChI is InChI=1S/2Al.2Gd.3O/q2*+3;;;3*-2. The summed E-state index contributed by atoms with van der Waals surface area (Å²) in [6.07, 6.45) is 0. The van der Waals surface area contributed by atoms with E-state index in [4.69, 9.17) is 0 Å². The average molecular weight is 416 g/mol. The summed E-state index contributed by atoms with van der Waals surface area (Å²) >= 11 is 0. The van der Waals surface area contributed by atoms with Crippen molar-refractivity contribution in [2.75, 3.05) is 0 Å². The molecule has 0 unspecified atom stereocenters. The molecule has 0 bridgehead atoms. The second-order valence-electron chi connectivity index (χ2n) is 0. The fourth-order valence-electron chi connectivity index (χ4n) is 0. The summed E-state index contributed by atoms with van der Waals surface area (Å²) in [4.78, 5) is 0. The molecule has 0 aromatic rings. The maximum Gasteiger partial charge on any atom is 3.00 e. The molecule has 0 aliphatic rings. The van der Waals surface area contributed by atoms with Crippen LogP contribution < -0.4 is 0 Å². The van der Waals surface area contributed by atoms with Crippen LogP contribution in [0.15, 0.2) is 0 Å². The molecule has 0 rings (SSSR count). The Hall–Kier alpha value is 3.59. The molecule has 0 saturated carbocycles. The Kier molecular flexibility index (Phi) is 592. The van der Waals surface area contributed by atoms with Gasteiger partial charge in [-0.2, -0.15) is 0 Å². The summed E-state index contributed by atoms with van der Waals surface area (Å²) < 4.78 is 0. The molecule has 0 saturated heterocycles. The zero-order chi connectivity index (χ0) is 0. The second-order valence-corrected chi connectivity index (χ2v) is 0. The Morgan fingerprint density at radius 1 is 0.429 bits per heavy atom. The van der Waals surface area contributed by atoms with Crippen LogP contribution in [0.2, 0.25) is 0 Å². The molecule has 0 aromatic heterocycles. The quantitative estimate of drug-likeness (QED) is 0.448. The van der Waals surface area contributed by atoms with Crippen LogP contribution in [-0.2, 0) is 16.4 Å². The molecular formula is Al2Gd2O3. The number of hydrogen-bond acceptors (Lipinski definition) is 0. The van der Waals surface area contributed by atoms with E-state index in [2.05, 4.69) is 0 Å². The van der Waals surface area contributed by atoms with E-state index in [0.717, 1.165) is 0 Å². The maximum atomic E-state index is 0. The minimum absolute atomic E-state index is 0. The van der Waals surface area contributed by atoms with Gasteiger partial charge in [0.25, 0.3) is 0 Å². The third-order valence-corrected chi connectivity index (χ3v) is 0. The van der Waals surface area contributed by atoms with Crippen LogP contribution in [0, 0.1) is 79.9 Å². The summed E-state index contributed by atoms with van der Waals surface area (Å²) in [6.45, 7) is 0. The Labute approximate surface area is 128 Å². The monoisotopic (exact) mass is 418 g/mol. The van der Waals surface area contributed by atoms with Gasteiger partial charge in [-0.15, -0.1) is 0 Å². The van der Waals surface area contributed by atoms with Crippen LogP contribution >= 0.6 is 0 Å². The first kappa shape index (κ1) is 75.5. The van der Waals surface area contributed by atoms with Crippen LogP contribution in [0.1, 0.15) is 0 Å². The van der Waals surface area contributed by atoms with Gasteiger partial charge in [-0.3, -0.25) is 0 Å². The molecule has 0 atom stereocenters. The van der Waals surface area contributed by atoms with E-state index in [1.165, 1.54) is 0 Å². The number of rotatable bonds is 0. The molecule has 3 nitrogen and oxygen atoms in total. The SMILES string of the molecule is [Al+3].[Al+3].[Gd].[Gd].[O-2].[O-2].[O-2]. The van der Waals surface area contributed by atoms with E-state index in [1.54, 1.807) is 0 Å². The molecule has 0 heterocycles. The van der Waals surface area contributed by atoms with E-state index in [9.17, 15) is 0 Å². The van der Waals surface area contributed by atoms with E-state index >= 15 is 0 Å². The average Bonchev–Trinajstić information content (AvgIpc) is 0. The topological polar surface area (TPSA) is 85.5 Å². The summed E-state index contributed by atoms with van der Waals surface area (Å²) in [5, 5.41) is 0. The van der Waals surface area contributed by atoms with Crippen molar-refractivity contribution in [2.24, 2.45) is 0 Å². The van der Waals surface area contributed by atoms with Crippen LogP contribution in [0.5, 0.6) is 0 Å².